The normalized spacial score (nSPS) is 9.85. The average molecular weight is 174 g/mol. The maximum absolute atomic E-state index is 9.08. The van der Waals surface area contributed by atoms with Gasteiger partial charge in [-0.15, -0.1) is 0 Å². The van der Waals surface area contributed by atoms with E-state index in [1.54, 1.807) is 12.3 Å². The highest BCUT2D eigenvalue weighted by molar-refractivity contribution is 5.53. The topological polar surface area (TPSA) is 71.8 Å². The number of hydrogen-bond acceptors (Lipinski definition) is 5. The van der Waals surface area contributed by atoms with Crippen molar-refractivity contribution in [2.75, 3.05) is 0 Å². The molecule has 0 saturated carbocycles. The van der Waals surface area contributed by atoms with Gasteiger partial charge in [-0.1, -0.05) is 0 Å². The molecule has 0 saturated heterocycles. The summed E-state index contributed by atoms with van der Waals surface area (Å²) in [4.78, 5) is 15.3. The van der Waals surface area contributed by atoms with Crippen molar-refractivity contribution in [2.45, 2.75) is 0 Å². The summed E-state index contributed by atoms with van der Waals surface area (Å²) in [6, 6.07) is 3.16. The third-order valence-electron chi connectivity index (χ3n) is 1.50. The van der Waals surface area contributed by atoms with E-state index in [4.69, 9.17) is 5.11 Å². The van der Waals surface area contributed by atoms with E-state index >= 15 is 0 Å². The van der Waals surface area contributed by atoms with Crippen molar-refractivity contribution >= 4 is 0 Å². The molecule has 0 radical (unpaired) electrons. The molecule has 0 spiro atoms. The molecule has 13 heavy (non-hydrogen) atoms. The van der Waals surface area contributed by atoms with Crippen molar-refractivity contribution in [1.82, 2.24) is 19.9 Å². The average Bonchev–Trinajstić information content (AvgIpc) is 2.19. The second-order valence-corrected chi connectivity index (χ2v) is 2.36. The molecular formula is C8H6N4O. The molecule has 0 aliphatic carbocycles. The van der Waals surface area contributed by atoms with E-state index in [1.165, 1.54) is 18.7 Å². The van der Waals surface area contributed by atoms with E-state index in [-0.39, 0.29) is 5.88 Å². The first-order chi connectivity index (χ1) is 6.36. The molecule has 0 fully saturated rings. The standard InChI is InChI=1S/C8H6N4O/c13-8-3-7(11-5-12-8)6-1-2-9-4-10-6/h1-5H,(H,11,12,13). The Morgan fingerprint density at radius 3 is 2.54 bits per heavy atom. The second-order valence-electron chi connectivity index (χ2n) is 2.36. The summed E-state index contributed by atoms with van der Waals surface area (Å²) in [5.41, 5.74) is 1.24. The van der Waals surface area contributed by atoms with Gasteiger partial charge in [0.25, 0.3) is 0 Å². The van der Waals surface area contributed by atoms with Crippen molar-refractivity contribution < 1.29 is 5.11 Å². The van der Waals surface area contributed by atoms with Crippen LogP contribution in [-0.4, -0.2) is 25.0 Å². The summed E-state index contributed by atoms with van der Waals surface area (Å²) in [6.45, 7) is 0. The summed E-state index contributed by atoms with van der Waals surface area (Å²) in [5, 5.41) is 9.08. The molecule has 0 bridgehead atoms. The van der Waals surface area contributed by atoms with E-state index < -0.39 is 0 Å². The number of rotatable bonds is 1. The van der Waals surface area contributed by atoms with Crippen LogP contribution in [0.25, 0.3) is 11.4 Å². The first kappa shape index (κ1) is 7.60. The number of hydrogen-bond donors (Lipinski definition) is 1. The zero-order chi connectivity index (χ0) is 9.10. The Morgan fingerprint density at radius 2 is 1.85 bits per heavy atom. The van der Waals surface area contributed by atoms with Crippen LogP contribution in [0.15, 0.2) is 31.0 Å². The summed E-state index contributed by atoms with van der Waals surface area (Å²) in [7, 11) is 0. The van der Waals surface area contributed by atoms with Crippen molar-refractivity contribution in [3.63, 3.8) is 0 Å². The highest BCUT2D eigenvalue weighted by Crippen LogP contribution is 2.14. The Labute approximate surface area is 74.2 Å². The van der Waals surface area contributed by atoms with Gasteiger partial charge in [0.05, 0.1) is 11.4 Å². The second kappa shape index (κ2) is 3.14. The summed E-state index contributed by atoms with van der Waals surface area (Å²) >= 11 is 0. The molecule has 0 unspecified atom stereocenters. The Bertz CT molecular complexity index is 404. The van der Waals surface area contributed by atoms with Crippen LogP contribution in [0.1, 0.15) is 0 Å². The van der Waals surface area contributed by atoms with Gasteiger partial charge in [-0.2, -0.15) is 0 Å². The van der Waals surface area contributed by atoms with Gasteiger partial charge in [-0.05, 0) is 6.07 Å². The lowest BCUT2D eigenvalue weighted by Crippen LogP contribution is -1.88. The lowest BCUT2D eigenvalue weighted by Gasteiger charge is -1.97. The summed E-state index contributed by atoms with van der Waals surface area (Å²) < 4.78 is 0. The van der Waals surface area contributed by atoms with Gasteiger partial charge >= 0.3 is 0 Å². The van der Waals surface area contributed by atoms with Gasteiger partial charge in [-0.25, -0.2) is 19.9 Å². The highest BCUT2D eigenvalue weighted by atomic mass is 16.3. The van der Waals surface area contributed by atoms with Crippen molar-refractivity contribution in [3.05, 3.63) is 31.0 Å². The molecule has 0 aliphatic rings. The van der Waals surface area contributed by atoms with Gasteiger partial charge in [0.1, 0.15) is 12.7 Å². The van der Waals surface area contributed by atoms with E-state index in [0.29, 0.717) is 11.4 Å². The van der Waals surface area contributed by atoms with Crippen LogP contribution in [0.5, 0.6) is 5.88 Å². The van der Waals surface area contributed by atoms with Gasteiger partial charge in [0.2, 0.25) is 5.88 Å². The predicted octanol–water partition coefficient (Wildman–Crippen LogP) is 0.639. The fraction of sp³-hybridized carbons (Fsp3) is 0. The summed E-state index contributed by atoms with van der Waals surface area (Å²) in [6.07, 6.45) is 4.32. The van der Waals surface area contributed by atoms with E-state index in [1.807, 2.05) is 0 Å². The van der Waals surface area contributed by atoms with E-state index in [0.717, 1.165) is 0 Å². The van der Waals surface area contributed by atoms with Gasteiger partial charge in [-0.3, -0.25) is 0 Å². The zero-order valence-corrected chi connectivity index (χ0v) is 6.62. The minimum absolute atomic E-state index is 0.0661. The molecule has 0 amide bonds. The molecule has 1 N–H and O–H groups in total. The van der Waals surface area contributed by atoms with Crippen LogP contribution in [-0.2, 0) is 0 Å². The van der Waals surface area contributed by atoms with E-state index in [9.17, 15) is 0 Å². The highest BCUT2D eigenvalue weighted by Gasteiger charge is 2.00. The SMILES string of the molecule is Oc1cc(-c2ccncn2)ncn1. The maximum Gasteiger partial charge on any atom is 0.214 e. The molecule has 64 valence electrons. The molecule has 0 aromatic carbocycles. The zero-order valence-electron chi connectivity index (χ0n) is 6.62. The van der Waals surface area contributed by atoms with Crippen molar-refractivity contribution in [2.24, 2.45) is 0 Å². The molecule has 2 heterocycles. The minimum Gasteiger partial charge on any atom is -0.493 e. The smallest absolute Gasteiger partial charge is 0.214 e. The third kappa shape index (κ3) is 1.58. The Balaban J connectivity index is 2.48. The number of aromatic hydroxyl groups is 1. The lowest BCUT2D eigenvalue weighted by molar-refractivity contribution is 0.452. The predicted molar refractivity (Wildman–Crippen MR) is 44.7 cm³/mol. The number of aromatic nitrogens is 4. The van der Waals surface area contributed by atoms with Crippen LogP contribution in [0.2, 0.25) is 0 Å². The fourth-order valence-electron chi connectivity index (χ4n) is 0.929. The monoisotopic (exact) mass is 174 g/mol. The molecule has 2 rings (SSSR count). The Morgan fingerprint density at radius 1 is 1.00 bits per heavy atom. The molecule has 2 aromatic rings. The largest absolute Gasteiger partial charge is 0.493 e. The van der Waals surface area contributed by atoms with Crippen LogP contribution in [0, 0.1) is 0 Å². The van der Waals surface area contributed by atoms with Crippen molar-refractivity contribution in [1.29, 1.82) is 0 Å². The van der Waals surface area contributed by atoms with Crippen molar-refractivity contribution in [3.8, 4) is 17.3 Å². The van der Waals surface area contributed by atoms with E-state index in [2.05, 4.69) is 19.9 Å². The van der Waals surface area contributed by atoms with Gasteiger partial charge in [0.15, 0.2) is 0 Å². The van der Waals surface area contributed by atoms with Crippen LogP contribution in [0.4, 0.5) is 0 Å². The van der Waals surface area contributed by atoms with Crippen LogP contribution in [0.3, 0.4) is 0 Å². The van der Waals surface area contributed by atoms with Crippen LogP contribution < -0.4 is 0 Å². The first-order valence-corrected chi connectivity index (χ1v) is 3.63. The Hall–Kier alpha value is -2.04. The molecule has 5 nitrogen and oxygen atoms in total. The van der Waals surface area contributed by atoms with Crippen LogP contribution >= 0.6 is 0 Å². The van der Waals surface area contributed by atoms with Gasteiger partial charge < -0.3 is 5.11 Å². The molecule has 0 aliphatic heterocycles. The maximum atomic E-state index is 9.08. The fourth-order valence-corrected chi connectivity index (χ4v) is 0.929. The molecule has 5 heteroatoms. The third-order valence-corrected chi connectivity index (χ3v) is 1.50. The minimum atomic E-state index is -0.0661. The number of nitrogens with zero attached hydrogens (tertiary/aromatic N) is 4. The quantitative estimate of drug-likeness (QED) is 0.686. The first-order valence-electron chi connectivity index (χ1n) is 3.63. The van der Waals surface area contributed by atoms with Gasteiger partial charge in [0, 0.05) is 12.3 Å². The summed E-state index contributed by atoms with van der Waals surface area (Å²) in [5.74, 6) is -0.0661. The molecule has 0 atom stereocenters. The Kier molecular flexibility index (Phi) is 1.84. The molecular weight excluding hydrogens is 168 g/mol. The molecule has 2 aromatic heterocycles. The lowest BCUT2D eigenvalue weighted by atomic mass is 10.3.